The van der Waals surface area contributed by atoms with Gasteiger partial charge in [0.15, 0.2) is 10.3 Å². The van der Waals surface area contributed by atoms with Crippen LogP contribution in [0.2, 0.25) is 0 Å². The van der Waals surface area contributed by atoms with Crippen LogP contribution in [0.4, 0.5) is 19.0 Å². The molecular weight excluding hydrogens is 846 g/mol. The number of aromatic nitrogens is 2. The van der Waals surface area contributed by atoms with Crippen LogP contribution in [0.1, 0.15) is 143 Å². The van der Waals surface area contributed by atoms with Crippen LogP contribution in [-0.4, -0.2) is 21.8 Å². The van der Waals surface area contributed by atoms with Crippen LogP contribution in [-0.2, 0) is 26.8 Å². The van der Waals surface area contributed by atoms with Gasteiger partial charge in [-0.3, -0.25) is 20.2 Å². The molecule has 2 amide bonds. The Bertz CT molecular complexity index is 2430. The number of nitrogens with zero attached hydrogens (tertiary/aromatic N) is 2. The number of halogens is 2. The number of thiazole rings is 2. The SMILES string of the molecule is Cc1sc(NC(=O)c2ccc(CO[P+](=O)OCc3ccc(C(=O)Nc4nc(-c5ccc(F)cc5)c(C)s4)c(C(C)C)c3C(C)C)c(C(C)C)c2C(C)C)nc1-c1ccc(F)cc1. The highest BCUT2D eigenvalue weighted by Crippen LogP contribution is 2.39. The first-order chi connectivity index (χ1) is 29.4. The second-order valence-electron chi connectivity index (χ2n) is 16.4. The van der Waals surface area contributed by atoms with E-state index >= 15 is 0 Å². The van der Waals surface area contributed by atoms with Crippen LogP contribution in [0, 0.1) is 25.5 Å². The third kappa shape index (κ3) is 10.6. The van der Waals surface area contributed by atoms with Crippen molar-refractivity contribution in [1.29, 1.82) is 0 Å². The summed E-state index contributed by atoms with van der Waals surface area (Å²) in [6.07, 6.45) is 0. The van der Waals surface area contributed by atoms with E-state index in [9.17, 15) is 22.9 Å². The zero-order valence-corrected chi connectivity index (χ0v) is 39.1. The number of aryl methyl sites for hydroxylation is 2. The van der Waals surface area contributed by atoms with Crippen LogP contribution in [0.15, 0.2) is 72.8 Å². The van der Waals surface area contributed by atoms with Crippen molar-refractivity contribution in [3.05, 3.63) is 139 Å². The Morgan fingerprint density at radius 1 is 0.565 bits per heavy atom. The Morgan fingerprint density at radius 2 is 0.903 bits per heavy atom. The Balaban J connectivity index is 1.16. The van der Waals surface area contributed by atoms with E-state index in [1.165, 1.54) is 46.9 Å². The van der Waals surface area contributed by atoms with E-state index in [4.69, 9.17) is 9.05 Å². The molecule has 0 unspecified atom stereocenters. The second-order valence-corrected chi connectivity index (χ2v) is 19.7. The zero-order valence-electron chi connectivity index (χ0n) is 36.6. The van der Waals surface area contributed by atoms with E-state index in [-0.39, 0.29) is 60.3 Å². The number of anilines is 2. The van der Waals surface area contributed by atoms with Crippen LogP contribution in [0.3, 0.4) is 0 Å². The predicted octanol–water partition coefficient (Wildman–Crippen LogP) is 14.2. The lowest BCUT2D eigenvalue weighted by Gasteiger charge is -2.23. The fourth-order valence-corrected chi connectivity index (χ4v) is 10.1. The van der Waals surface area contributed by atoms with Crippen LogP contribution in [0.5, 0.6) is 0 Å². The van der Waals surface area contributed by atoms with Crippen molar-refractivity contribution in [3.63, 3.8) is 0 Å². The molecule has 0 bridgehead atoms. The molecule has 0 aliphatic carbocycles. The smallest absolute Gasteiger partial charge is 0.298 e. The fraction of sp³-hybridized carbons (Fsp3) is 0.333. The molecule has 324 valence electrons. The maximum atomic E-state index is 13.8. The van der Waals surface area contributed by atoms with E-state index in [1.807, 2.05) is 53.7 Å². The van der Waals surface area contributed by atoms with Crippen molar-refractivity contribution < 1.29 is 32.0 Å². The summed E-state index contributed by atoms with van der Waals surface area (Å²) in [7, 11) is -2.56. The number of rotatable bonds is 16. The van der Waals surface area contributed by atoms with Gasteiger partial charge >= 0.3 is 8.25 Å². The molecule has 0 saturated carbocycles. The van der Waals surface area contributed by atoms with E-state index in [2.05, 4.69) is 48.3 Å². The largest absolute Gasteiger partial charge is 0.698 e. The topological polar surface area (TPSA) is 120 Å². The molecule has 62 heavy (non-hydrogen) atoms. The highest BCUT2D eigenvalue weighted by Gasteiger charge is 2.29. The van der Waals surface area contributed by atoms with Crippen LogP contribution in [0.25, 0.3) is 22.5 Å². The molecule has 6 aromatic rings. The standard InChI is InChI=1S/C48H51F2N4O5PS2/c1-25(2)39-33(15-21-37(41(39)27(5)6)45(55)53-47-51-43(29(9)61-47)31-11-17-35(49)18-12-31)23-58-60(57)59-24-34-16-22-38(42(28(7)8)40(34)26(3)4)46(56)54-48-52-44(30(10)62-48)32-13-19-36(50)20-14-32/h11-22,25-28H,23-24H2,1-10H3,(H-,51,52,53,54,55,56)/p+1. The monoisotopic (exact) mass is 897 g/mol. The molecular formula is C48H52F2N4O5PS2+. The molecule has 14 heteroatoms. The summed E-state index contributed by atoms with van der Waals surface area (Å²) in [5.74, 6) is -1.27. The van der Waals surface area contributed by atoms with Crippen molar-refractivity contribution in [2.24, 2.45) is 0 Å². The quantitative estimate of drug-likeness (QED) is 0.0928. The molecule has 0 aliphatic rings. The minimum atomic E-state index is -2.56. The average Bonchev–Trinajstić information content (AvgIpc) is 3.78. The summed E-state index contributed by atoms with van der Waals surface area (Å²) >= 11 is 2.71. The molecule has 0 atom stereocenters. The number of carbonyl (C=O) groups is 2. The molecule has 0 aliphatic heterocycles. The second kappa shape index (κ2) is 20.0. The van der Waals surface area contributed by atoms with Crippen molar-refractivity contribution in [2.45, 2.75) is 106 Å². The summed E-state index contributed by atoms with van der Waals surface area (Å²) in [6.45, 7) is 20.2. The number of benzene rings is 4. The van der Waals surface area contributed by atoms with Crippen molar-refractivity contribution in [3.8, 4) is 22.5 Å². The Labute approximate surface area is 371 Å². The number of nitrogens with one attached hydrogen (secondary N) is 2. The minimum absolute atomic E-state index is 0.00351. The lowest BCUT2D eigenvalue weighted by atomic mass is 9.83. The molecule has 9 nitrogen and oxygen atoms in total. The van der Waals surface area contributed by atoms with E-state index in [0.717, 1.165) is 54.3 Å². The van der Waals surface area contributed by atoms with Gasteiger partial charge in [0.25, 0.3) is 11.8 Å². The van der Waals surface area contributed by atoms with Gasteiger partial charge in [0.05, 0.1) is 11.4 Å². The Morgan fingerprint density at radius 3 is 1.23 bits per heavy atom. The van der Waals surface area contributed by atoms with Gasteiger partial charge in [-0.25, -0.2) is 18.7 Å². The summed E-state index contributed by atoms with van der Waals surface area (Å²) in [5.41, 5.74) is 9.14. The predicted molar refractivity (Wildman–Crippen MR) is 247 cm³/mol. The molecule has 0 radical (unpaired) electrons. The van der Waals surface area contributed by atoms with Gasteiger partial charge in [0.1, 0.15) is 24.8 Å². The lowest BCUT2D eigenvalue weighted by molar-refractivity contribution is 0.101. The highest BCUT2D eigenvalue weighted by atomic mass is 32.1. The first kappa shape index (κ1) is 46.5. The van der Waals surface area contributed by atoms with Gasteiger partial charge in [0, 0.05) is 36.6 Å². The van der Waals surface area contributed by atoms with Crippen LogP contribution >= 0.6 is 30.9 Å². The number of amides is 2. The van der Waals surface area contributed by atoms with Crippen molar-refractivity contribution >= 4 is 53.0 Å². The van der Waals surface area contributed by atoms with Gasteiger partial charge < -0.3 is 0 Å². The summed E-state index contributed by atoms with van der Waals surface area (Å²) < 4.78 is 52.2. The van der Waals surface area contributed by atoms with Crippen molar-refractivity contribution in [1.82, 2.24) is 9.97 Å². The maximum Gasteiger partial charge on any atom is 0.698 e. The summed E-state index contributed by atoms with van der Waals surface area (Å²) in [5, 5.41) is 6.84. The molecule has 0 saturated heterocycles. The normalized spacial score (nSPS) is 11.6. The van der Waals surface area contributed by atoms with E-state index in [0.29, 0.717) is 32.8 Å². The molecule has 4 aromatic carbocycles. The van der Waals surface area contributed by atoms with Gasteiger partial charge in [-0.15, -0.1) is 31.7 Å². The third-order valence-corrected chi connectivity index (χ3v) is 12.9. The molecule has 2 N–H and O–H groups in total. The number of carbonyl (C=O) groups excluding carboxylic acids is 2. The molecule has 0 spiro atoms. The van der Waals surface area contributed by atoms with Crippen molar-refractivity contribution in [2.75, 3.05) is 10.6 Å². The molecule has 2 heterocycles. The lowest BCUT2D eigenvalue weighted by Crippen LogP contribution is -2.18. The Hall–Kier alpha value is -5.04. The first-order valence-electron chi connectivity index (χ1n) is 20.6. The summed E-state index contributed by atoms with van der Waals surface area (Å²) in [6, 6.07) is 19.4. The summed E-state index contributed by atoms with van der Waals surface area (Å²) in [4.78, 5) is 38.8. The molecule has 6 rings (SSSR count). The first-order valence-corrected chi connectivity index (χ1v) is 23.3. The molecule has 0 fully saturated rings. The van der Waals surface area contributed by atoms with Gasteiger partial charge in [-0.1, -0.05) is 67.5 Å². The Kier molecular flexibility index (Phi) is 15.0. The van der Waals surface area contributed by atoms with Crippen LogP contribution < -0.4 is 10.6 Å². The molecule has 2 aromatic heterocycles. The average molecular weight is 898 g/mol. The number of hydrogen-bond acceptors (Lipinski definition) is 9. The van der Waals surface area contributed by atoms with Gasteiger partial charge in [0.2, 0.25) is 0 Å². The van der Waals surface area contributed by atoms with E-state index in [1.54, 1.807) is 36.4 Å². The fourth-order valence-electron chi connectivity index (χ4n) is 7.88. The number of hydrogen-bond donors (Lipinski definition) is 2. The maximum absolute atomic E-state index is 13.8. The third-order valence-electron chi connectivity index (χ3n) is 10.5. The highest BCUT2D eigenvalue weighted by molar-refractivity contribution is 7.33. The van der Waals surface area contributed by atoms with Gasteiger partial charge in [-0.05, 0) is 132 Å². The minimum Gasteiger partial charge on any atom is -0.298 e. The zero-order chi connectivity index (χ0) is 45.0. The van der Waals surface area contributed by atoms with E-state index < -0.39 is 8.25 Å². The van der Waals surface area contributed by atoms with Gasteiger partial charge in [-0.2, -0.15) is 0 Å².